The van der Waals surface area contributed by atoms with Gasteiger partial charge in [0.25, 0.3) is 0 Å². The Hall–Kier alpha value is -3.58. The molecule has 4 aromatic rings. The average molecular weight is 432 g/mol. The summed E-state index contributed by atoms with van der Waals surface area (Å²) in [5.74, 6) is 3.34. The number of fused-ring (bicyclic) bond motifs is 1. The van der Waals surface area contributed by atoms with E-state index in [0.717, 1.165) is 17.2 Å². The van der Waals surface area contributed by atoms with Gasteiger partial charge in [-0.1, -0.05) is 43.0 Å². The number of rotatable bonds is 4. The molecule has 4 rings (SSSR count). The van der Waals surface area contributed by atoms with E-state index in [1.165, 1.54) is 24.3 Å². The third kappa shape index (κ3) is 4.68. The zero-order chi connectivity index (χ0) is 22.7. The molecule has 0 atom stereocenters. The van der Waals surface area contributed by atoms with Crippen molar-refractivity contribution in [2.45, 2.75) is 26.2 Å². The van der Waals surface area contributed by atoms with E-state index in [1.807, 2.05) is 31.2 Å². The lowest BCUT2D eigenvalue weighted by Crippen LogP contribution is -2.00. The summed E-state index contributed by atoms with van der Waals surface area (Å²) in [7, 11) is 0. The summed E-state index contributed by atoms with van der Waals surface area (Å²) in [4.78, 5) is 0. The largest absolute Gasteiger partial charge is 0.207 e. The molecule has 0 heterocycles. The van der Waals surface area contributed by atoms with E-state index in [4.69, 9.17) is 0 Å². The molecule has 0 fully saturated rings. The van der Waals surface area contributed by atoms with Crippen molar-refractivity contribution in [1.82, 2.24) is 0 Å². The third-order valence-electron chi connectivity index (χ3n) is 5.48. The Morgan fingerprint density at radius 2 is 1.28 bits per heavy atom. The van der Waals surface area contributed by atoms with Crippen molar-refractivity contribution < 1.29 is 17.6 Å². The summed E-state index contributed by atoms with van der Waals surface area (Å²) in [6.45, 7) is 1.86. The predicted octanol–water partition coefficient (Wildman–Crippen LogP) is 7.14. The molecule has 0 amide bonds. The Kier molecular flexibility index (Phi) is 6.28. The smallest absolute Gasteiger partial charge is 0.166 e. The zero-order valence-electron chi connectivity index (χ0n) is 17.5. The van der Waals surface area contributed by atoms with Crippen LogP contribution in [-0.2, 0) is 19.3 Å². The molecule has 0 unspecified atom stereocenters. The fourth-order valence-corrected chi connectivity index (χ4v) is 3.61. The summed E-state index contributed by atoms with van der Waals surface area (Å²) >= 11 is 0. The van der Waals surface area contributed by atoms with Gasteiger partial charge in [-0.2, -0.15) is 0 Å². The molecule has 0 aromatic heterocycles. The van der Waals surface area contributed by atoms with Gasteiger partial charge in [0.2, 0.25) is 0 Å². The Labute approximate surface area is 184 Å². The minimum Gasteiger partial charge on any atom is -0.207 e. The first-order chi connectivity index (χ1) is 15.4. The fraction of sp³-hybridized carbons (Fsp3) is 0.143. The molecule has 0 bridgehead atoms. The normalized spacial score (nSPS) is 10.8. The van der Waals surface area contributed by atoms with Gasteiger partial charge in [0.05, 0.1) is 0 Å². The maximum absolute atomic E-state index is 14.2. The van der Waals surface area contributed by atoms with Crippen LogP contribution in [0.1, 0.15) is 34.7 Å². The minimum atomic E-state index is -0.875. The lowest BCUT2D eigenvalue weighted by molar-refractivity contribution is 0.517. The summed E-state index contributed by atoms with van der Waals surface area (Å²) in [6.07, 6.45) is 1.38. The number of hydrogen-bond donors (Lipinski definition) is 0. The van der Waals surface area contributed by atoms with Crippen molar-refractivity contribution >= 4 is 10.8 Å². The lowest BCUT2D eigenvalue weighted by Gasteiger charge is -2.08. The van der Waals surface area contributed by atoms with Crippen LogP contribution in [-0.4, -0.2) is 0 Å². The molecule has 0 spiro atoms. The van der Waals surface area contributed by atoms with Gasteiger partial charge in [-0.05, 0) is 78.2 Å². The van der Waals surface area contributed by atoms with Gasteiger partial charge in [-0.15, -0.1) is 0 Å². The van der Waals surface area contributed by atoms with E-state index in [2.05, 4.69) is 11.8 Å². The Balaban J connectivity index is 1.46. The minimum absolute atomic E-state index is 0.110. The Bertz CT molecular complexity index is 1320. The van der Waals surface area contributed by atoms with Crippen molar-refractivity contribution in [2.75, 3.05) is 0 Å². The molecule has 4 aromatic carbocycles. The highest BCUT2D eigenvalue weighted by Gasteiger charge is 2.11. The van der Waals surface area contributed by atoms with Crippen LogP contribution >= 0.6 is 0 Å². The molecule has 0 nitrogen and oxygen atoms in total. The molecule has 0 saturated carbocycles. The fourth-order valence-electron chi connectivity index (χ4n) is 3.61. The van der Waals surface area contributed by atoms with Gasteiger partial charge < -0.3 is 0 Å². The van der Waals surface area contributed by atoms with E-state index in [-0.39, 0.29) is 17.4 Å². The van der Waals surface area contributed by atoms with Gasteiger partial charge in [0, 0.05) is 22.1 Å². The van der Waals surface area contributed by atoms with Crippen molar-refractivity contribution in [3.63, 3.8) is 0 Å². The molecule has 0 aliphatic rings. The second-order valence-electron chi connectivity index (χ2n) is 7.64. The SMILES string of the molecule is CCc1cc(F)c(CCc2ccc(C#Cc3ccc4c(F)c(F)ccc4c3)cc2)c(F)c1. The van der Waals surface area contributed by atoms with E-state index in [9.17, 15) is 17.6 Å². The van der Waals surface area contributed by atoms with E-state index >= 15 is 0 Å². The van der Waals surface area contributed by atoms with Gasteiger partial charge in [-0.3, -0.25) is 0 Å². The second kappa shape index (κ2) is 9.28. The predicted molar refractivity (Wildman–Crippen MR) is 119 cm³/mol. The van der Waals surface area contributed by atoms with Crippen LogP contribution in [0.15, 0.2) is 66.7 Å². The molecular formula is C28H20F4. The number of aryl methyl sites for hydroxylation is 2. The summed E-state index contributed by atoms with van der Waals surface area (Å²) in [6, 6.07) is 17.8. The van der Waals surface area contributed by atoms with Crippen LogP contribution in [0.2, 0.25) is 0 Å². The van der Waals surface area contributed by atoms with Crippen LogP contribution in [0, 0.1) is 35.1 Å². The van der Waals surface area contributed by atoms with E-state index in [0.29, 0.717) is 29.4 Å². The molecule has 0 aliphatic carbocycles. The number of benzene rings is 4. The van der Waals surface area contributed by atoms with Crippen molar-refractivity contribution in [2.24, 2.45) is 0 Å². The van der Waals surface area contributed by atoms with Crippen molar-refractivity contribution in [3.8, 4) is 11.8 Å². The van der Waals surface area contributed by atoms with Crippen LogP contribution < -0.4 is 0 Å². The first-order valence-electron chi connectivity index (χ1n) is 10.4. The Morgan fingerprint density at radius 1 is 0.625 bits per heavy atom. The zero-order valence-corrected chi connectivity index (χ0v) is 17.5. The highest BCUT2D eigenvalue weighted by molar-refractivity contribution is 5.84. The number of halogens is 4. The summed E-state index contributed by atoms with van der Waals surface area (Å²) in [5.41, 5.74) is 3.18. The van der Waals surface area contributed by atoms with Crippen LogP contribution in [0.4, 0.5) is 17.6 Å². The van der Waals surface area contributed by atoms with Crippen LogP contribution in [0.5, 0.6) is 0 Å². The monoisotopic (exact) mass is 432 g/mol. The van der Waals surface area contributed by atoms with E-state index < -0.39 is 23.3 Å². The van der Waals surface area contributed by atoms with Crippen LogP contribution in [0.3, 0.4) is 0 Å². The van der Waals surface area contributed by atoms with E-state index in [1.54, 1.807) is 12.1 Å². The average Bonchev–Trinajstić information content (AvgIpc) is 2.80. The third-order valence-corrected chi connectivity index (χ3v) is 5.48. The molecule has 0 radical (unpaired) electrons. The molecule has 0 saturated heterocycles. The molecule has 0 N–H and O–H groups in total. The first-order valence-corrected chi connectivity index (χ1v) is 10.4. The number of hydrogen-bond acceptors (Lipinski definition) is 0. The lowest BCUT2D eigenvalue weighted by atomic mass is 10.0. The van der Waals surface area contributed by atoms with Crippen molar-refractivity contribution in [1.29, 1.82) is 0 Å². The van der Waals surface area contributed by atoms with Crippen molar-refractivity contribution in [3.05, 3.63) is 118 Å². The highest BCUT2D eigenvalue weighted by Crippen LogP contribution is 2.22. The maximum Gasteiger partial charge on any atom is 0.166 e. The molecule has 160 valence electrons. The van der Waals surface area contributed by atoms with Gasteiger partial charge in [-0.25, -0.2) is 17.6 Å². The molecule has 0 aliphatic heterocycles. The second-order valence-corrected chi connectivity index (χ2v) is 7.64. The quantitative estimate of drug-likeness (QED) is 0.237. The maximum atomic E-state index is 14.2. The standard InChI is InChI=1S/C28H20F4/c1-2-18-16-26(30)24(27(31)17-18)13-9-20-5-3-19(4-6-20)7-8-21-10-12-23-22(15-21)11-14-25(29)28(23)32/h3-6,10-12,14-17H,2,9,13H2,1H3. The highest BCUT2D eigenvalue weighted by atomic mass is 19.2. The summed E-state index contributed by atoms with van der Waals surface area (Å²) < 4.78 is 55.5. The molecular weight excluding hydrogens is 412 g/mol. The summed E-state index contributed by atoms with van der Waals surface area (Å²) in [5, 5.41) is 0.801. The van der Waals surface area contributed by atoms with Gasteiger partial charge >= 0.3 is 0 Å². The topological polar surface area (TPSA) is 0 Å². The Morgan fingerprint density at radius 3 is 1.97 bits per heavy atom. The van der Waals surface area contributed by atoms with Gasteiger partial charge in [0.15, 0.2) is 11.6 Å². The molecule has 4 heteroatoms. The van der Waals surface area contributed by atoms with Crippen LogP contribution in [0.25, 0.3) is 10.8 Å². The van der Waals surface area contributed by atoms with Gasteiger partial charge in [0.1, 0.15) is 11.6 Å². The molecule has 32 heavy (non-hydrogen) atoms. The first kappa shape index (κ1) is 21.6.